The lowest BCUT2D eigenvalue weighted by molar-refractivity contribution is -0.274. The summed E-state index contributed by atoms with van der Waals surface area (Å²) in [5, 5.41) is 21.9. The van der Waals surface area contributed by atoms with Gasteiger partial charge in [0.2, 0.25) is 0 Å². The molecule has 8 rings (SSSR count). The average Bonchev–Trinajstić information content (AvgIpc) is 3.63. The first-order valence-electron chi connectivity index (χ1n) is 19.9. The van der Waals surface area contributed by atoms with Crippen LogP contribution in [0.4, 0.5) is 18.9 Å². The molecule has 6 aromatic carbocycles. The lowest BCUT2D eigenvalue weighted by atomic mass is 9.79. The van der Waals surface area contributed by atoms with Crippen molar-refractivity contribution in [1.29, 1.82) is 10.8 Å². The summed E-state index contributed by atoms with van der Waals surface area (Å²) < 4.78 is 71.6. The number of benzene rings is 6. The van der Waals surface area contributed by atoms with E-state index in [1.165, 1.54) is 24.9 Å². The Morgan fingerprint density at radius 3 is 1.86 bits per heavy atom. The third kappa shape index (κ3) is 7.33. The van der Waals surface area contributed by atoms with Crippen LogP contribution in [0.5, 0.6) is 5.75 Å². The third-order valence-electron chi connectivity index (χ3n) is 11.5. The molecular formula is C47H40BrF3N7O5S+. The van der Waals surface area contributed by atoms with Crippen LogP contribution < -0.4 is 19.5 Å². The van der Waals surface area contributed by atoms with Crippen molar-refractivity contribution in [2.45, 2.75) is 30.9 Å². The van der Waals surface area contributed by atoms with E-state index in [1.807, 2.05) is 60.7 Å². The van der Waals surface area contributed by atoms with E-state index in [2.05, 4.69) is 30.8 Å². The molecule has 64 heavy (non-hydrogen) atoms. The molecule has 2 atom stereocenters. The van der Waals surface area contributed by atoms with Gasteiger partial charge in [0.05, 0.1) is 12.3 Å². The van der Waals surface area contributed by atoms with E-state index < -0.39 is 61.3 Å². The summed E-state index contributed by atoms with van der Waals surface area (Å²) in [4.78, 5) is 35.0. The Morgan fingerprint density at radius 2 is 1.30 bits per heavy atom. The van der Waals surface area contributed by atoms with Crippen molar-refractivity contribution in [3.05, 3.63) is 190 Å². The van der Waals surface area contributed by atoms with Gasteiger partial charge in [0.15, 0.2) is 17.2 Å². The number of ether oxygens (including phenoxy) is 1. The van der Waals surface area contributed by atoms with E-state index in [0.717, 1.165) is 11.0 Å². The number of hydrogen-bond acceptors (Lipinski definition) is 7. The molecule has 0 radical (unpaired) electrons. The molecule has 2 amide bonds. The number of rotatable bonds is 12. The summed E-state index contributed by atoms with van der Waals surface area (Å²) in [6.45, 7) is 1.36. The second kappa shape index (κ2) is 16.5. The molecular weight excluding hydrogens is 912 g/mol. The highest BCUT2D eigenvalue weighted by Gasteiger charge is 2.73. The van der Waals surface area contributed by atoms with Gasteiger partial charge in [0.1, 0.15) is 5.75 Å². The Hall–Kier alpha value is -6.66. The maximum Gasteiger partial charge on any atom is 0.573 e. The van der Waals surface area contributed by atoms with Crippen LogP contribution >= 0.6 is 15.9 Å². The first-order valence-corrected chi connectivity index (χ1v) is 22.3. The van der Waals surface area contributed by atoms with Gasteiger partial charge >= 0.3 is 18.2 Å². The minimum absolute atomic E-state index is 0.0676. The number of guanidine groups is 2. The second-order valence-corrected chi connectivity index (χ2v) is 18.2. The summed E-state index contributed by atoms with van der Waals surface area (Å²) >= 11 is 3.28. The van der Waals surface area contributed by atoms with Crippen LogP contribution in [0.25, 0.3) is 11.1 Å². The minimum Gasteiger partial charge on any atom is -0.406 e. The molecule has 17 heteroatoms. The topological polar surface area (TPSA) is 156 Å². The van der Waals surface area contributed by atoms with Crippen LogP contribution in [0.2, 0.25) is 0 Å². The van der Waals surface area contributed by atoms with Crippen molar-refractivity contribution in [1.82, 2.24) is 24.5 Å². The molecule has 6 aromatic rings. The molecule has 2 unspecified atom stereocenters. The lowest BCUT2D eigenvalue weighted by Crippen LogP contribution is -2.73. The summed E-state index contributed by atoms with van der Waals surface area (Å²) in [6, 6.07) is 43.4. The molecule has 2 fully saturated rings. The Balaban J connectivity index is 1.28. The number of halogens is 4. The SMILES string of the molecule is CCS(=O)(=O)N[N+]1(c2ccc(CN3C(=N)NC(c4ccccc4)(c4ccccc4)C3=O)cc2)C(=N)N(C)C(=O)C1(c1ccccc1)c1cccc(-c2cc(Br)cc(OC(F)(F)F)c2)c1. The van der Waals surface area contributed by atoms with Crippen LogP contribution in [0.1, 0.15) is 34.7 Å². The van der Waals surface area contributed by atoms with Gasteiger partial charge < -0.3 is 10.1 Å². The molecule has 0 spiro atoms. The van der Waals surface area contributed by atoms with Gasteiger partial charge in [-0.25, -0.2) is 18.7 Å². The Kier molecular flexibility index (Phi) is 11.3. The first kappa shape index (κ1) is 44.0. The largest absolute Gasteiger partial charge is 0.573 e. The zero-order chi connectivity index (χ0) is 45.7. The number of quaternary nitrogens is 1. The van der Waals surface area contributed by atoms with Crippen molar-refractivity contribution in [3.63, 3.8) is 0 Å². The number of hydrogen-bond donors (Lipinski definition) is 4. The van der Waals surface area contributed by atoms with Crippen LogP contribution in [0.3, 0.4) is 0 Å². The Bertz CT molecular complexity index is 2870. The molecule has 0 aliphatic carbocycles. The molecule has 0 aromatic heterocycles. The van der Waals surface area contributed by atoms with Gasteiger partial charge in [-0.05, 0) is 63.8 Å². The number of sulfonamides is 1. The number of nitrogens with zero attached hydrogens (tertiary/aromatic N) is 3. The van der Waals surface area contributed by atoms with Crippen molar-refractivity contribution >= 4 is 55.4 Å². The van der Waals surface area contributed by atoms with Gasteiger partial charge in [-0.15, -0.1) is 17.8 Å². The fraction of sp³-hybridized carbons (Fsp3) is 0.149. The van der Waals surface area contributed by atoms with Crippen LogP contribution in [0, 0.1) is 10.8 Å². The molecule has 0 bridgehead atoms. The third-order valence-corrected chi connectivity index (χ3v) is 13.3. The minimum atomic E-state index is -4.97. The summed E-state index contributed by atoms with van der Waals surface area (Å²) in [7, 11) is -2.92. The van der Waals surface area contributed by atoms with Gasteiger partial charge in [-0.1, -0.05) is 137 Å². The number of likely N-dealkylation sites (N-methyl/N-ethyl adjacent to an activating group) is 1. The van der Waals surface area contributed by atoms with Gasteiger partial charge in [-0.3, -0.25) is 19.9 Å². The summed E-state index contributed by atoms with van der Waals surface area (Å²) in [6.07, 6.45) is -4.97. The van der Waals surface area contributed by atoms with Gasteiger partial charge in [-0.2, -0.15) is 0 Å². The van der Waals surface area contributed by atoms with Crippen molar-refractivity contribution < 1.29 is 35.9 Å². The fourth-order valence-electron chi connectivity index (χ4n) is 8.64. The van der Waals surface area contributed by atoms with E-state index in [4.69, 9.17) is 5.41 Å². The number of amides is 2. The highest BCUT2D eigenvalue weighted by molar-refractivity contribution is 9.10. The van der Waals surface area contributed by atoms with Crippen LogP contribution in [-0.4, -0.2) is 61.1 Å². The molecule has 0 saturated carbocycles. The molecule has 2 aliphatic rings. The number of alkyl halides is 3. The van der Waals surface area contributed by atoms with Crippen LogP contribution in [0.15, 0.2) is 162 Å². The van der Waals surface area contributed by atoms with Gasteiger partial charge in [0, 0.05) is 34.8 Å². The quantitative estimate of drug-likeness (QED) is 0.0905. The molecule has 4 N–H and O–H groups in total. The zero-order valence-electron chi connectivity index (χ0n) is 34.2. The van der Waals surface area contributed by atoms with Crippen LogP contribution in [-0.2, 0) is 37.2 Å². The van der Waals surface area contributed by atoms with Crippen molar-refractivity contribution in [2.75, 3.05) is 12.8 Å². The Labute approximate surface area is 375 Å². The lowest BCUT2D eigenvalue weighted by Gasteiger charge is -2.43. The van der Waals surface area contributed by atoms with E-state index in [-0.39, 0.29) is 33.8 Å². The molecule has 2 aliphatic heterocycles. The normalized spacial score (nSPS) is 19.8. The van der Waals surface area contributed by atoms with Gasteiger partial charge in [0.25, 0.3) is 21.5 Å². The van der Waals surface area contributed by atoms with E-state index >= 15 is 4.79 Å². The molecule has 12 nitrogen and oxygen atoms in total. The van der Waals surface area contributed by atoms with Crippen molar-refractivity contribution in [3.8, 4) is 16.9 Å². The maximum atomic E-state index is 15.3. The van der Waals surface area contributed by atoms with E-state index in [9.17, 15) is 31.8 Å². The summed E-state index contributed by atoms with van der Waals surface area (Å²) in [5.41, 5.74) is -0.379. The predicted octanol–water partition coefficient (Wildman–Crippen LogP) is 8.34. The summed E-state index contributed by atoms with van der Waals surface area (Å²) in [5.74, 6) is -2.59. The zero-order valence-corrected chi connectivity index (χ0v) is 36.6. The smallest absolute Gasteiger partial charge is 0.406 e. The highest BCUT2D eigenvalue weighted by atomic mass is 79.9. The number of carbonyl (C=O) groups is 2. The monoisotopic (exact) mass is 950 g/mol. The highest BCUT2D eigenvalue weighted by Crippen LogP contribution is 2.51. The second-order valence-electron chi connectivity index (χ2n) is 15.2. The predicted molar refractivity (Wildman–Crippen MR) is 240 cm³/mol. The molecule has 2 saturated heterocycles. The Morgan fingerprint density at radius 1 is 0.734 bits per heavy atom. The maximum absolute atomic E-state index is 15.3. The number of nitrogens with one attached hydrogen (secondary N) is 4. The fourth-order valence-corrected chi connectivity index (χ4v) is 9.99. The van der Waals surface area contributed by atoms with Crippen molar-refractivity contribution in [2.24, 2.45) is 0 Å². The van der Waals surface area contributed by atoms with E-state index in [1.54, 1.807) is 84.9 Å². The molecule has 2 heterocycles. The standard InChI is InChI=1S/C47H40BrF3N7O5S/c1-3-64(61,62)55-58(39-24-22-31(23-25-39)30-57-41(59)45(54-43(57)52,34-15-7-4-8-16-34)35-17-9-5-10-18-35)44(53)56(2)42(60)46(58,36-19-11-6-12-20-36)37-21-13-14-32(26-37)33-27-38(48)29-40(28-33)63-47(49,50)51/h4-29,53,55H,3,30H2,1-2H3,(H2,52,54)/q+1. The van der Waals surface area contributed by atoms with E-state index in [0.29, 0.717) is 27.8 Å². The number of carbonyl (C=O) groups excluding carboxylic acids is 2. The molecule has 326 valence electrons. The first-order chi connectivity index (χ1) is 30.5. The average molecular weight is 952 g/mol.